The smallest absolute Gasteiger partial charge is 0.353 e. The predicted molar refractivity (Wildman–Crippen MR) is 71.9 cm³/mol. The molecule has 1 heterocycles. The van der Waals surface area contributed by atoms with E-state index in [1.54, 1.807) is 17.9 Å². The van der Waals surface area contributed by atoms with Crippen molar-refractivity contribution in [3.63, 3.8) is 0 Å². The minimum absolute atomic E-state index is 0.111. The first-order valence-electron chi connectivity index (χ1n) is 6.41. The summed E-state index contributed by atoms with van der Waals surface area (Å²) in [7, 11) is 0. The summed E-state index contributed by atoms with van der Waals surface area (Å²) in [5, 5.41) is 12.2. The van der Waals surface area contributed by atoms with Gasteiger partial charge in [0.2, 0.25) is 0 Å². The Balaban J connectivity index is 2.30. The van der Waals surface area contributed by atoms with Crippen molar-refractivity contribution < 1.29 is 17.9 Å². The molecule has 0 aromatic heterocycles. The number of hydrogen-bond acceptors (Lipinski definition) is 4. The zero-order chi connectivity index (χ0) is 16.3. The summed E-state index contributed by atoms with van der Waals surface area (Å²) < 4.78 is 44.5. The lowest BCUT2D eigenvalue weighted by molar-refractivity contribution is -0.137. The van der Waals surface area contributed by atoms with Crippen molar-refractivity contribution in [1.82, 2.24) is 0 Å². The van der Waals surface area contributed by atoms with Crippen LogP contribution in [0.4, 0.5) is 18.9 Å². The van der Waals surface area contributed by atoms with Gasteiger partial charge in [0, 0.05) is 17.1 Å². The minimum atomic E-state index is -4.60. The molecule has 6 nitrogen and oxygen atoms in total. The van der Waals surface area contributed by atoms with Gasteiger partial charge in [0.1, 0.15) is 6.23 Å². The standard InChI is InChI=1S/C13H12F3N5O/c1-8-21(7-11(22-8)6-19-20-18)10-3-2-9(5-17)12(4-10)13(14,15)16/h2-4,8,11H,6-7H2,1H3/t8-,11-/m1/s1. The van der Waals surface area contributed by atoms with Gasteiger partial charge in [-0.05, 0) is 30.7 Å². The number of anilines is 1. The molecule has 0 aliphatic carbocycles. The maximum atomic E-state index is 13.0. The summed E-state index contributed by atoms with van der Waals surface area (Å²) in [6.45, 7) is 2.12. The summed E-state index contributed by atoms with van der Waals surface area (Å²) in [5.41, 5.74) is 7.20. The van der Waals surface area contributed by atoms with E-state index in [0.29, 0.717) is 12.2 Å². The van der Waals surface area contributed by atoms with Crippen LogP contribution in [-0.2, 0) is 10.9 Å². The molecule has 1 fully saturated rings. The number of ether oxygens (including phenoxy) is 1. The first-order chi connectivity index (χ1) is 10.4. The molecule has 1 aromatic carbocycles. The lowest BCUT2D eigenvalue weighted by Gasteiger charge is -2.23. The fraction of sp³-hybridized carbons (Fsp3) is 0.462. The third kappa shape index (κ3) is 3.24. The highest BCUT2D eigenvalue weighted by atomic mass is 19.4. The van der Waals surface area contributed by atoms with Crippen molar-refractivity contribution in [2.24, 2.45) is 5.11 Å². The molecule has 22 heavy (non-hydrogen) atoms. The van der Waals surface area contributed by atoms with E-state index in [1.165, 1.54) is 6.07 Å². The molecule has 2 rings (SSSR count). The maximum absolute atomic E-state index is 13.0. The number of hydrogen-bond donors (Lipinski definition) is 0. The predicted octanol–water partition coefficient (Wildman–Crippen LogP) is 3.44. The number of rotatable bonds is 3. The Hall–Kier alpha value is -2.43. The van der Waals surface area contributed by atoms with Crippen LogP contribution in [0.5, 0.6) is 0 Å². The fourth-order valence-electron chi connectivity index (χ4n) is 2.35. The van der Waals surface area contributed by atoms with Gasteiger partial charge in [0.25, 0.3) is 0 Å². The van der Waals surface area contributed by atoms with E-state index in [9.17, 15) is 13.2 Å². The van der Waals surface area contributed by atoms with Crippen LogP contribution in [0.1, 0.15) is 18.1 Å². The number of halogens is 3. The molecule has 1 aliphatic rings. The van der Waals surface area contributed by atoms with Gasteiger partial charge >= 0.3 is 6.18 Å². The third-order valence-electron chi connectivity index (χ3n) is 3.34. The summed E-state index contributed by atoms with van der Waals surface area (Å²) in [5.74, 6) is 0. The van der Waals surface area contributed by atoms with Gasteiger partial charge < -0.3 is 9.64 Å². The van der Waals surface area contributed by atoms with Gasteiger partial charge in [-0.25, -0.2) is 0 Å². The zero-order valence-electron chi connectivity index (χ0n) is 11.6. The summed E-state index contributed by atoms with van der Waals surface area (Å²) in [6.07, 6.45) is -5.43. The van der Waals surface area contributed by atoms with Crippen LogP contribution in [0.15, 0.2) is 23.3 Å². The molecular formula is C13H12F3N5O. The van der Waals surface area contributed by atoms with Crippen molar-refractivity contribution >= 4 is 5.69 Å². The van der Waals surface area contributed by atoms with E-state index in [0.717, 1.165) is 12.1 Å². The zero-order valence-corrected chi connectivity index (χ0v) is 11.6. The highest BCUT2D eigenvalue weighted by Gasteiger charge is 2.36. The fourth-order valence-corrected chi connectivity index (χ4v) is 2.35. The summed E-state index contributed by atoms with van der Waals surface area (Å²) in [4.78, 5) is 4.27. The van der Waals surface area contributed by atoms with Gasteiger partial charge in [-0.3, -0.25) is 0 Å². The van der Waals surface area contributed by atoms with Crippen LogP contribution in [0.25, 0.3) is 10.4 Å². The van der Waals surface area contributed by atoms with E-state index < -0.39 is 23.5 Å². The number of nitrogens with zero attached hydrogens (tertiary/aromatic N) is 5. The van der Waals surface area contributed by atoms with Gasteiger partial charge in [0.05, 0.1) is 29.8 Å². The van der Waals surface area contributed by atoms with Crippen LogP contribution in [0, 0.1) is 11.3 Å². The van der Waals surface area contributed by atoms with Crippen LogP contribution in [0.3, 0.4) is 0 Å². The highest BCUT2D eigenvalue weighted by Crippen LogP contribution is 2.35. The molecule has 0 radical (unpaired) electrons. The molecule has 1 aliphatic heterocycles. The van der Waals surface area contributed by atoms with E-state index in [4.69, 9.17) is 15.5 Å². The first-order valence-corrected chi connectivity index (χ1v) is 6.41. The van der Waals surface area contributed by atoms with Gasteiger partial charge in [-0.15, -0.1) is 0 Å². The molecule has 1 saturated heterocycles. The Bertz CT molecular complexity index is 648. The summed E-state index contributed by atoms with van der Waals surface area (Å²) >= 11 is 0. The second-order valence-electron chi connectivity index (χ2n) is 4.76. The van der Waals surface area contributed by atoms with Crippen molar-refractivity contribution in [3.05, 3.63) is 39.8 Å². The van der Waals surface area contributed by atoms with Gasteiger partial charge in [-0.1, -0.05) is 5.11 Å². The van der Waals surface area contributed by atoms with Crippen LogP contribution in [0.2, 0.25) is 0 Å². The molecule has 0 spiro atoms. The molecule has 1 aromatic rings. The average molecular weight is 311 g/mol. The topological polar surface area (TPSA) is 85.0 Å². The number of azide groups is 1. The Labute approximate surface area is 124 Å². The van der Waals surface area contributed by atoms with Crippen LogP contribution < -0.4 is 4.90 Å². The van der Waals surface area contributed by atoms with Crippen molar-refractivity contribution in [2.75, 3.05) is 18.0 Å². The van der Waals surface area contributed by atoms with Crippen molar-refractivity contribution in [1.29, 1.82) is 5.26 Å². The number of nitriles is 1. The number of alkyl halides is 3. The van der Waals surface area contributed by atoms with Crippen LogP contribution in [-0.4, -0.2) is 25.4 Å². The molecule has 0 unspecified atom stereocenters. The molecule has 116 valence electrons. The van der Waals surface area contributed by atoms with Crippen LogP contribution >= 0.6 is 0 Å². The van der Waals surface area contributed by atoms with E-state index in [2.05, 4.69) is 10.0 Å². The molecule has 2 atom stereocenters. The van der Waals surface area contributed by atoms with E-state index >= 15 is 0 Å². The lowest BCUT2D eigenvalue weighted by Crippen LogP contribution is -2.28. The van der Waals surface area contributed by atoms with Gasteiger partial charge in [0.15, 0.2) is 0 Å². The largest absolute Gasteiger partial charge is 0.417 e. The number of benzene rings is 1. The molecule has 0 bridgehead atoms. The molecule has 0 saturated carbocycles. The SMILES string of the molecule is C[C@H]1O[C@H](CN=[N+]=[N-])CN1c1ccc(C#N)c(C(F)(F)F)c1. The first kappa shape index (κ1) is 15.9. The molecular weight excluding hydrogens is 299 g/mol. The maximum Gasteiger partial charge on any atom is 0.417 e. The average Bonchev–Trinajstić information content (AvgIpc) is 2.84. The lowest BCUT2D eigenvalue weighted by atomic mass is 10.1. The Morgan fingerprint density at radius 1 is 1.55 bits per heavy atom. The highest BCUT2D eigenvalue weighted by molar-refractivity contribution is 5.55. The van der Waals surface area contributed by atoms with Crippen molar-refractivity contribution in [2.45, 2.75) is 25.4 Å². The Kier molecular flexibility index (Phi) is 4.45. The van der Waals surface area contributed by atoms with E-state index in [1.807, 2.05) is 0 Å². The summed E-state index contributed by atoms with van der Waals surface area (Å²) in [6, 6.07) is 5.07. The van der Waals surface area contributed by atoms with Gasteiger partial charge in [-0.2, -0.15) is 18.4 Å². The molecule has 0 amide bonds. The monoisotopic (exact) mass is 311 g/mol. The third-order valence-corrected chi connectivity index (χ3v) is 3.34. The Morgan fingerprint density at radius 3 is 2.86 bits per heavy atom. The molecule has 9 heteroatoms. The normalized spacial score (nSPS) is 21.3. The molecule has 0 N–H and O–H groups in total. The Morgan fingerprint density at radius 2 is 2.27 bits per heavy atom. The van der Waals surface area contributed by atoms with Crippen molar-refractivity contribution in [3.8, 4) is 6.07 Å². The minimum Gasteiger partial charge on any atom is -0.353 e. The second-order valence-corrected chi connectivity index (χ2v) is 4.76. The quantitative estimate of drug-likeness (QED) is 0.487. The second kappa shape index (κ2) is 6.13. The van der Waals surface area contributed by atoms with E-state index in [-0.39, 0.29) is 12.6 Å².